The molecule has 0 aliphatic heterocycles. The zero-order valence-corrected chi connectivity index (χ0v) is 44.3. The average Bonchev–Trinajstić information content (AvgIpc) is 3.35. The van der Waals surface area contributed by atoms with E-state index in [0.29, 0.717) is 19.3 Å². The molecule has 0 N–H and O–H groups in total. The van der Waals surface area contributed by atoms with Crippen molar-refractivity contribution in [1.82, 2.24) is 0 Å². The molecule has 6 nitrogen and oxygen atoms in total. The smallest absolute Gasteiger partial charge is 0.306 e. The SMILES string of the molecule is CC\C=C/C=C\C=C/C=C\C=C/CCCCCC(=O)OCC(COC(=O)CCCCC/C=C\C/C=C\C/C=C\C/C=C\C/C=C\CC)OC(=O)CCCCCCCCC/C=C\CCCCCCCC. The Hall–Kier alpha value is -4.45. The van der Waals surface area contributed by atoms with Crippen molar-refractivity contribution in [2.24, 2.45) is 0 Å². The Morgan fingerprint density at radius 1 is 0.319 bits per heavy atom. The molecule has 1 atom stereocenters. The van der Waals surface area contributed by atoms with Gasteiger partial charge >= 0.3 is 17.9 Å². The van der Waals surface area contributed by atoms with Gasteiger partial charge in [0.1, 0.15) is 13.2 Å². The number of allylic oxidation sites excluding steroid dienone is 22. The first-order chi connectivity index (χ1) is 34.0. The van der Waals surface area contributed by atoms with E-state index in [0.717, 1.165) is 109 Å². The number of ether oxygens (including phenoxy) is 3. The molecule has 69 heavy (non-hydrogen) atoms. The van der Waals surface area contributed by atoms with E-state index in [1.165, 1.54) is 77.0 Å². The Balaban J connectivity index is 4.54. The number of carbonyl (C=O) groups is 3. The van der Waals surface area contributed by atoms with Crippen LogP contribution in [-0.2, 0) is 28.6 Å². The standard InChI is InChI=1S/C63H100O6/c1-4-7-10-13-16-19-22-25-28-30-31-33-35-38-41-44-47-50-53-56-62(65)68-59-60(58-67-61(64)55-52-49-46-43-40-37-34-27-24-21-18-15-12-9-6-3)69-63(66)57-54-51-48-45-42-39-36-32-29-26-23-20-17-14-11-8-5-2/h7,9-10,12,15-16,18-19,21,24-29,31,33-34,37-38,40-41,60H,4-6,8,11,13-14,17,20,22-23,30,32,35-36,39,42-59H2,1-3H3/b10-7-,12-9-,18-15-,19-16-,24-21-,28-25-,29-26-,33-31-,34-27-,40-37-,41-38-. The summed E-state index contributed by atoms with van der Waals surface area (Å²) in [5, 5.41) is 0. The maximum absolute atomic E-state index is 12.8. The monoisotopic (exact) mass is 953 g/mol. The van der Waals surface area contributed by atoms with Crippen molar-refractivity contribution >= 4 is 17.9 Å². The van der Waals surface area contributed by atoms with Crippen molar-refractivity contribution in [3.8, 4) is 0 Å². The summed E-state index contributed by atoms with van der Waals surface area (Å²) in [6, 6.07) is 0. The van der Waals surface area contributed by atoms with Gasteiger partial charge in [-0.2, -0.15) is 0 Å². The minimum atomic E-state index is -0.817. The maximum Gasteiger partial charge on any atom is 0.306 e. The number of unbranched alkanes of at least 4 members (excludes halogenated alkanes) is 19. The van der Waals surface area contributed by atoms with E-state index in [9.17, 15) is 14.4 Å². The van der Waals surface area contributed by atoms with Crippen molar-refractivity contribution in [2.75, 3.05) is 13.2 Å². The first-order valence-corrected chi connectivity index (χ1v) is 27.8. The minimum absolute atomic E-state index is 0.115. The molecule has 0 spiro atoms. The second-order valence-electron chi connectivity index (χ2n) is 17.8. The predicted octanol–water partition coefficient (Wildman–Crippen LogP) is 18.6. The summed E-state index contributed by atoms with van der Waals surface area (Å²) < 4.78 is 16.8. The van der Waals surface area contributed by atoms with Gasteiger partial charge in [0.05, 0.1) is 0 Å². The molecule has 0 radical (unpaired) electrons. The lowest BCUT2D eigenvalue weighted by molar-refractivity contribution is -0.167. The van der Waals surface area contributed by atoms with Crippen molar-refractivity contribution in [3.05, 3.63) is 134 Å². The van der Waals surface area contributed by atoms with E-state index in [1.807, 2.05) is 48.6 Å². The van der Waals surface area contributed by atoms with Crippen LogP contribution >= 0.6 is 0 Å². The second kappa shape index (κ2) is 56.1. The third kappa shape index (κ3) is 54.4. The average molecular weight is 953 g/mol. The van der Waals surface area contributed by atoms with Gasteiger partial charge in [-0.1, -0.05) is 231 Å². The van der Waals surface area contributed by atoms with E-state index in [4.69, 9.17) is 14.2 Å². The van der Waals surface area contributed by atoms with Gasteiger partial charge in [-0.15, -0.1) is 0 Å². The van der Waals surface area contributed by atoms with Crippen LogP contribution in [0.2, 0.25) is 0 Å². The molecule has 0 aromatic rings. The number of hydrogen-bond donors (Lipinski definition) is 0. The highest BCUT2D eigenvalue weighted by molar-refractivity contribution is 5.71. The van der Waals surface area contributed by atoms with Crippen LogP contribution in [0.3, 0.4) is 0 Å². The number of hydrogen-bond acceptors (Lipinski definition) is 6. The van der Waals surface area contributed by atoms with Crippen molar-refractivity contribution < 1.29 is 28.6 Å². The highest BCUT2D eigenvalue weighted by atomic mass is 16.6. The molecule has 0 amide bonds. The quantitative estimate of drug-likeness (QED) is 0.0199. The molecule has 0 bridgehead atoms. The summed E-state index contributed by atoms with van der Waals surface area (Å²) in [4.78, 5) is 38.1. The van der Waals surface area contributed by atoms with Crippen LogP contribution < -0.4 is 0 Å². The van der Waals surface area contributed by atoms with Crippen molar-refractivity contribution in [3.63, 3.8) is 0 Å². The lowest BCUT2D eigenvalue weighted by Crippen LogP contribution is -2.30. The third-order valence-corrected chi connectivity index (χ3v) is 11.2. The number of carbonyl (C=O) groups excluding carboxylic acids is 3. The Labute approximate surface area is 424 Å². The van der Waals surface area contributed by atoms with E-state index in [2.05, 4.69) is 106 Å². The van der Waals surface area contributed by atoms with Gasteiger partial charge in [0, 0.05) is 19.3 Å². The van der Waals surface area contributed by atoms with Gasteiger partial charge in [-0.3, -0.25) is 14.4 Å². The third-order valence-electron chi connectivity index (χ3n) is 11.2. The minimum Gasteiger partial charge on any atom is -0.462 e. The molecular formula is C63H100O6. The molecule has 0 saturated heterocycles. The van der Waals surface area contributed by atoms with Gasteiger partial charge in [0.2, 0.25) is 0 Å². The fraction of sp³-hybridized carbons (Fsp3) is 0.603. The number of esters is 3. The van der Waals surface area contributed by atoms with E-state index in [-0.39, 0.29) is 31.1 Å². The molecule has 0 rings (SSSR count). The summed E-state index contributed by atoms with van der Waals surface area (Å²) in [5.41, 5.74) is 0. The predicted molar refractivity (Wildman–Crippen MR) is 297 cm³/mol. The van der Waals surface area contributed by atoms with Crippen molar-refractivity contribution in [2.45, 2.75) is 232 Å². The Bertz CT molecular complexity index is 1510. The molecule has 0 aromatic heterocycles. The summed E-state index contributed by atoms with van der Waals surface area (Å²) in [6.07, 6.45) is 78.6. The van der Waals surface area contributed by atoms with Gasteiger partial charge in [0.25, 0.3) is 0 Å². The fourth-order valence-corrected chi connectivity index (χ4v) is 7.13. The molecule has 0 aromatic carbocycles. The van der Waals surface area contributed by atoms with Gasteiger partial charge in [0.15, 0.2) is 6.10 Å². The van der Waals surface area contributed by atoms with E-state index >= 15 is 0 Å². The highest BCUT2D eigenvalue weighted by Crippen LogP contribution is 2.13. The van der Waals surface area contributed by atoms with Crippen LogP contribution in [0.5, 0.6) is 0 Å². The molecule has 388 valence electrons. The summed E-state index contributed by atoms with van der Waals surface area (Å²) in [6.45, 7) is 6.30. The highest BCUT2D eigenvalue weighted by Gasteiger charge is 2.19. The van der Waals surface area contributed by atoms with E-state index in [1.54, 1.807) is 0 Å². The summed E-state index contributed by atoms with van der Waals surface area (Å²) in [5.74, 6) is -0.996. The summed E-state index contributed by atoms with van der Waals surface area (Å²) >= 11 is 0. The lowest BCUT2D eigenvalue weighted by atomic mass is 10.1. The molecule has 0 saturated carbocycles. The topological polar surface area (TPSA) is 78.9 Å². The van der Waals surface area contributed by atoms with Gasteiger partial charge in [-0.05, 0) is 109 Å². The molecule has 0 heterocycles. The molecule has 1 unspecified atom stereocenters. The zero-order chi connectivity index (χ0) is 50.0. The van der Waals surface area contributed by atoms with Crippen LogP contribution in [0.25, 0.3) is 0 Å². The number of rotatable bonds is 48. The Morgan fingerprint density at radius 3 is 1.09 bits per heavy atom. The first kappa shape index (κ1) is 64.5. The zero-order valence-electron chi connectivity index (χ0n) is 44.3. The fourth-order valence-electron chi connectivity index (χ4n) is 7.13. The second-order valence-corrected chi connectivity index (χ2v) is 17.8. The van der Waals surface area contributed by atoms with Crippen LogP contribution in [-0.4, -0.2) is 37.2 Å². The van der Waals surface area contributed by atoms with Gasteiger partial charge < -0.3 is 14.2 Å². The molecular weight excluding hydrogens is 853 g/mol. The van der Waals surface area contributed by atoms with Gasteiger partial charge in [-0.25, -0.2) is 0 Å². The Kier molecular flexibility index (Phi) is 52.5. The van der Waals surface area contributed by atoms with Crippen molar-refractivity contribution in [1.29, 1.82) is 0 Å². The maximum atomic E-state index is 12.8. The van der Waals surface area contributed by atoms with Crippen LogP contribution in [0, 0.1) is 0 Å². The normalized spacial score (nSPS) is 13.1. The molecule has 0 fully saturated rings. The van der Waals surface area contributed by atoms with Crippen LogP contribution in [0.4, 0.5) is 0 Å². The van der Waals surface area contributed by atoms with E-state index < -0.39 is 6.10 Å². The van der Waals surface area contributed by atoms with Crippen LogP contribution in [0.1, 0.15) is 226 Å². The molecule has 0 aliphatic rings. The lowest BCUT2D eigenvalue weighted by Gasteiger charge is -2.18. The largest absolute Gasteiger partial charge is 0.462 e. The van der Waals surface area contributed by atoms with Crippen LogP contribution in [0.15, 0.2) is 134 Å². The first-order valence-electron chi connectivity index (χ1n) is 27.8. The molecule has 0 aliphatic carbocycles. The summed E-state index contributed by atoms with van der Waals surface area (Å²) in [7, 11) is 0. The Morgan fingerprint density at radius 2 is 0.638 bits per heavy atom. The molecule has 6 heteroatoms.